The fraction of sp³-hybridized carbons (Fsp3) is 0.625. The van der Waals surface area contributed by atoms with Gasteiger partial charge in [0.2, 0.25) is 0 Å². The Hall–Kier alpha value is -0.940. The lowest BCUT2D eigenvalue weighted by Crippen LogP contribution is -2.25. The molecule has 0 heterocycles. The summed E-state index contributed by atoms with van der Waals surface area (Å²) in [6.07, 6.45) is 0.325. The van der Waals surface area contributed by atoms with Crippen LogP contribution in [0.4, 0.5) is 13.2 Å². The van der Waals surface area contributed by atoms with Crippen molar-refractivity contribution in [1.29, 1.82) is 0 Å². The van der Waals surface area contributed by atoms with Crippen LogP contribution in [0, 0.1) is 11.8 Å². The first-order chi connectivity index (χ1) is 10.3. The van der Waals surface area contributed by atoms with Gasteiger partial charge in [0.25, 0.3) is 0 Å². The molecule has 1 N–H and O–H groups in total. The Bertz CT molecular complexity index is 485. The van der Waals surface area contributed by atoms with E-state index >= 15 is 0 Å². The Morgan fingerprint density at radius 2 is 1.91 bits per heavy atom. The lowest BCUT2D eigenvalue weighted by Gasteiger charge is -2.26. The minimum absolute atomic E-state index is 0.0249. The number of benzene rings is 1. The van der Waals surface area contributed by atoms with Crippen LogP contribution in [0.1, 0.15) is 38.2 Å². The highest BCUT2D eigenvalue weighted by Crippen LogP contribution is 2.31. The van der Waals surface area contributed by atoms with E-state index in [0.717, 1.165) is 18.0 Å². The molecule has 6 heteroatoms. The smallest absolute Gasteiger partial charge is 0.404 e. The first-order valence-electron chi connectivity index (χ1n) is 7.58. The maximum atomic E-state index is 12.2. The third-order valence-electron chi connectivity index (χ3n) is 4.12. The normalized spacial score (nSPS) is 22.6. The van der Waals surface area contributed by atoms with Gasteiger partial charge < -0.3 is 10.1 Å². The minimum atomic E-state index is -4.72. The maximum absolute atomic E-state index is 12.2. The van der Waals surface area contributed by atoms with Crippen molar-refractivity contribution >= 4 is 11.6 Å². The third-order valence-corrected chi connectivity index (χ3v) is 4.41. The molecule has 124 valence electrons. The van der Waals surface area contributed by atoms with Crippen molar-refractivity contribution in [1.82, 2.24) is 5.32 Å². The fourth-order valence-corrected chi connectivity index (χ4v) is 3.06. The molecule has 0 bridgehead atoms. The maximum Gasteiger partial charge on any atom is 0.573 e. The van der Waals surface area contributed by atoms with Crippen molar-refractivity contribution in [3.05, 3.63) is 28.8 Å². The number of alkyl halides is 3. The van der Waals surface area contributed by atoms with Gasteiger partial charge in [0, 0.05) is 6.54 Å². The largest absolute Gasteiger partial charge is 0.573 e. The van der Waals surface area contributed by atoms with E-state index in [1.54, 1.807) is 6.07 Å². The highest BCUT2D eigenvalue weighted by atomic mass is 35.5. The second kappa shape index (κ2) is 7.55. The Morgan fingerprint density at radius 3 is 2.50 bits per heavy atom. The van der Waals surface area contributed by atoms with Crippen LogP contribution in [0.3, 0.4) is 0 Å². The molecule has 1 fully saturated rings. The van der Waals surface area contributed by atoms with Crippen molar-refractivity contribution < 1.29 is 17.9 Å². The van der Waals surface area contributed by atoms with Crippen molar-refractivity contribution in [2.45, 2.75) is 45.5 Å². The molecule has 1 aromatic carbocycles. The molecule has 0 amide bonds. The lowest BCUT2D eigenvalue weighted by molar-refractivity contribution is -0.274. The van der Waals surface area contributed by atoms with Crippen molar-refractivity contribution in [3.63, 3.8) is 0 Å². The van der Waals surface area contributed by atoms with Gasteiger partial charge in [-0.1, -0.05) is 37.4 Å². The third kappa shape index (κ3) is 5.69. The average Bonchev–Trinajstić information content (AvgIpc) is 2.43. The zero-order valence-corrected chi connectivity index (χ0v) is 13.3. The number of hydrogen-bond acceptors (Lipinski definition) is 2. The van der Waals surface area contributed by atoms with Crippen LogP contribution in [-0.2, 0) is 6.54 Å². The summed E-state index contributed by atoms with van der Waals surface area (Å²) < 4.78 is 40.3. The summed E-state index contributed by atoms with van der Waals surface area (Å²) in [5, 5.41) is 3.33. The molecule has 1 aliphatic rings. The van der Waals surface area contributed by atoms with E-state index in [1.807, 2.05) is 0 Å². The standard InChI is InChI=1S/C16H21ClF3NO/c1-11-2-4-12(5-3-11)9-21-10-13-6-7-15(14(17)8-13)22-16(18,19)20/h6-8,11-12,21H,2-5,9-10H2,1H3. The number of hydrogen-bond donors (Lipinski definition) is 1. The van der Waals surface area contributed by atoms with Gasteiger partial charge in [-0.05, 0) is 48.9 Å². The Balaban J connectivity index is 1.80. The summed E-state index contributed by atoms with van der Waals surface area (Å²) in [4.78, 5) is 0. The fourth-order valence-electron chi connectivity index (χ4n) is 2.82. The van der Waals surface area contributed by atoms with E-state index in [9.17, 15) is 13.2 Å². The number of nitrogens with one attached hydrogen (secondary N) is 1. The Labute approximate surface area is 134 Å². The van der Waals surface area contributed by atoms with E-state index in [4.69, 9.17) is 11.6 Å². The SMILES string of the molecule is CC1CCC(CNCc2ccc(OC(F)(F)F)c(Cl)c2)CC1. The van der Waals surface area contributed by atoms with Gasteiger partial charge in [-0.15, -0.1) is 13.2 Å². The second-order valence-electron chi connectivity index (χ2n) is 6.07. The number of ether oxygens (including phenoxy) is 1. The molecule has 1 aromatic rings. The average molecular weight is 336 g/mol. The number of halogens is 4. The van der Waals surface area contributed by atoms with Crippen LogP contribution in [0.25, 0.3) is 0 Å². The highest BCUT2D eigenvalue weighted by Gasteiger charge is 2.32. The van der Waals surface area contributed by atoms with E-state index < -0.39 is 6.36 Å². The van der Waals surface area contributed by atoms with Crippen molar-refractivity contribution in [2.75, 3.05) is 6.54 Å². The zero-order chi connectivity index (χ0) is 16.2. The van der Waals surface area contributed by atoms with Crippen LogP contribution in [0.5, 0.6) is 5.75 Å². The predicted molar refractivity (Wildman–Crippen MR) is 81.0 cm³/mol. The summed E-state index contributed by atoms with van der Waals surface area (Å²) in [7, 11) is 0. The van der Waals surface area contributed by atoms with Gasteiger partial charge in [-0.25, -0.2) is 0 Å². The van der Waals surface area contributed by atoms with Gasteiger partial charge in [0.15, 0.2) is 0 Å². The molecule has 1 saturated carbocycles. The van der Waals surface area contributed by atoms with Gasteiger partial charge in [-0.2, -0.15) is 0 Å². The zero-order valence-electron chi connectivity index (χ0n) is 12.5. The Kier molecular flexibility index (Phi) is 5.98. The highest BCUT2D eigenvalue weighted by molar-refractivity contribution is 6.32. The molecule has 0 atom stereocenters. The summed E-state index contributed by atoms with van der Waals surface area (Å²) in [5.74, 6) is 1.16. The summed E-state index contributed by atoms with van der Waals surface area (Å²) >= 11 is 5.83. The molecule has 0 spiro atoms. The molecule has 0 saturated heterocycles. The first-order valence-corrected chi connectivity index (χ1v) is 7.96. The van der Waals surface area contributed by atoms with Crippen LogP contribution in [0.15, 0.2) is 18.2 Å². The minimum Gasteiger partial charge on any atom is -0.404 e. The van der Waals surface area contributed by atoms with Crippen LogP contribution in [-0.4, -0.2) is 12.9 Å². The lowest BCUT2D eigenvalue weighted by atomic mass is 9.83. The van der Waals surface area contributed by atoms with Gasteiger partial charge in [0.1, 0.15) is 5.75 Å². The summed E-state index contributed by atoms with van der Waals surface area (Å²) in [6, 6.07) is 4.37. The van der Waals surface area contributed by atoms with Crippen LogP contribution in [0.2, 0.25) is 5.02 Å². The molecule has 0 aromatic heterocycles. The van der Waals surface area contributed by atoms with Crippen LogP contribution >= 0.6 is 11.6 Å². The van der Waals surface area contributed by atoms with Gasteiger partial charge >= 0.3 is 6.36 Å². The molecule has 1 aliphatic carbocycles. The Morgan fingerprint density at radius 1 is 1.23 bits per heavy atom. The van der Waals surface area contributed by atoms with E-state index in [0.29, 0.717) is 12.5 Å². The van der Waals surface area contributed by atoms with Crippen molar-refractivity contribution in [2.24, 2.45) is 11.8 Å². The summed E-state index contributed by atoms with van der Waals surface area (Å²) in [6.45, 7) is 3.82. The van der Waals surface area contributed by atoms with E-state index in [1.165, 1.54) is 37.8 Å². The second-order valence-corrected chi connectivity index (χ2v) is 6.48. The predicted octanol–water partition coefficient (Wildman–Crippen LogP) is 5.15. The quantitative estimate of drug-likeness (QED) is 0.803. The van der Waals surface area contributed by atoms with E-state index in [-0.39, 0.29) is 10.8 Å². The molecule has 0 aliphatic heterocycles. The van der Waals surface area contributed by atoms with Gasteiger partial charge in [-0.3, -0.25) is 0 Å². The molecule has 0 radical (unpaired) electrons. The monoisotopic (exact) mass is 335 g/mol. The first kappa shape index (κ1) is 17.4. The molecule has 22 heavy (non-hydrogen) atoms. The molecule has 2 nitrogen and oxygen atoms in total. The number of rotatable bonds is 5. The molecular formula is C16H21ClF3NO. The topological polar surface area (TPSA) is 21.3 Å². The molecule has 0 unspecified atom stereocenters. The molecule has 2 rings (SSSR count). The summed E-state index contributed by atoms with van der Waals surface area (Å²) in [5.41, 5.74) is 0.851. The van der Waals surface area contributed by atoms with Crippen molar-refractivity contribution in [3.8, 4) is 5.75 Å². The van der Waals surface area contributed by atoms with Gasteiger partial charge in [0.05, 0.1) is 5.02 Å². The van der Waals surface area contributed by atoms with Crippen LogP contribution < -0.4 is 10.1 Å². The van der Waals surface area contributed by atoms with E-state index in [2.05, 4.69) is 17.0 Å². The molecular weight excluding hydrogens is 315 g/mol.